The number of halogens is 2. The molecule has 0 saturated carbocycles. The number of rotatable bonds is 4. The predicted octanol–water partition coefficient (Wildman–Crippen LogP) is 5.37. The first kappa shape index (κ1) is 36.6. The van der Waals surface area contributed by atoms with Gasteiger partial charge in [-0.15, -0.1) is 0 Å². The van der Waals surface area contributed by atoms with E-state index in [1.165, 1.54) is 23.3 Å². The highest BCUT2D eigenvalue weighted by Crippen LogP contribution is 2.36. The highest BCUT2D eigenvalue weighted by Gasteiger charge is 2.45. The third-order valence-corrected chi connectivity index (χ3v) is 11.5. The molecule has 10 rings (SSSR count). The first-order chi connectivity index (χ1) is 28.9. The first-order valence-electron chi connectivity index (χ1n) is 19.8. The predicted molar refractivity (Wildman–Crippen MR) is 217 cm³/mol. The van der Waals surface area contributed by atoms with Crippen molar-refractivity contribution in [3.8, 4) is 22.6 Å². The molecule has 3 atom stereocenters. The molecule has 0 radical (unpaired) electrons. The molecule has 7 aromatic rings. The molecule has 3 aliphatic heterocycles. The van der Waals surface area contributed by atoms with Gasteiger partial charge in [-0.2, -0.15) is 10.2 Å². The van der Waals surface area contributed by atoms with Crippen LogP contribution in [0.5, 0.6) is 5.75 Å². The summed E-state index contributed by atoms with van der Waals surface area (Å²) in [6.07, 6.45) is 5.41. The molecular formula is C44H40F2N10O3. The third kappa shape index (κ3) is 7.00. The summed E-state index contributed by atoms with van der Waals surface area (Å²) < 4.78 is 38.9. The molecule has 13 nitrogen and oxygen atoms in total. The second-order valence-corrected chi connectivity index (χ2v) is 15.3. The number of benzene rings is 4. The SMILES string of the molecule is O=C1NCCCn2cc3c(cccc3n2)-c2cccc(c2)O[C@H]2C[C@@H](C(=O)N3CCN(Cc4ccccc4)C[C@@H]13)N(c1ncnc3c1cnn3-c1ccc(F)cc1F)C2. The van der Waals surface area contributed by atoms with Gasteiger partial charge in [0.05, 0.1) is 23.6 Å². The van der Waals surface area contributed by atoms with Crippen LogP contribution in [-0.2, 0) is 22.7 Å². The van der Waals surface area contributed by atoms with Crippen molar-refractivity contribution in [3.63, 3.8) is 0 Å². The van der Waals surface area contributed by atoms with Crippen LogP contribution in [0.25, 0.3) is 38.8 Å². The minimum atomic E-state index is -0.799. The van der Waals surface area contributed by atoms with Crippen LogP contribution in [0.15, 0.2) is 110 Å². The number of carbonyl (C=O) groups is 2. The molecule has 2 saturated heterocycles. The van der Waals surface area contributed by atoms with E-state index in [0.29, 0.717) is 69.1 Å². The maximum Gasteiger partial charge on any atom is 0.246 e. The zero-order valence-corrected chi connectivity index (χ0v) is 32.0. The smallest absolute Gasteiger partial charge is 0.246 e. The number of anilines is 1. The Balaban J connectivity index is 1.04. The number of carbonyl (C=O) groups excluding carboxylic acids is 2. The Morgan fingerprint density at radius 2 is 1.71 bits per heavy atom. The summed E-state index contributed by atoms with van der Waals surface area (Å²) in [5, 5.41) is 13.9. The van der Waals surface area contributed by atoms with E-state index in [9.17, 15) is 9.18 Å². The Kier molecular flexibility index (Phi) is 9.43. The molecule has 0 unspecified atom stereocenters. The van der Waals surface area contributed by atoms with E-state index >= 15 is 9.18 Å². The van der Waals surface area contributed by atoms with Crippen LogP contribution < -0.4 is 15.0 Å². The summed E-state index contributed by atoms with van der Waals surface area (Å²) in [6.45, 7) is 3.19. The summed E-state index contributed by atoms with van der Waals surface area (Å²) in [7, 11) is 0. The molecular weight excluding hydrogens is 755 g/mol. The van der Waals surface area contributed by atoms with Gasteiger partial charge in [0.15, 0.2) is 11.5 Å². The van der Waals surface area contributed by atoms with Crippen LogP contribution in [0, 0.1) is 11.6 Å². The number of hydrogen-bond donors (Lipinski definition) is 1. The van der Waals surface area contributed by atoms with E-state index in [1.807, 2.05) is 70.4 Å². The fourth-order valence-electron chi connectivity index (χ4n) is 8.70. The van der Waals surface area contributed by atoms with Gasteiger partial charge in [0, 0.05) is 63.3 Å². The molecule has 1 N–H and O–H groups in total. The van der Waals surface area contributed by atoms with Crippen LogP contribution in [0.1, 0.15) is 18.4 Å². The number of nitrogens with one attached hydrogen (secondary N) is 1. The zero-order chi connectivity index (χ0) is 40.0. The molecule has 4 aromatic carbocycles. The topological polar surface area (TPSA) is 127 Å². The van der Waals surface area contributed by atoms with Crippen LogP contribution in [0.3, 0.4) is 0 Å². The van der Waals surface area contributed by atoms with Crippen molar-refractivity contribution < 1.29 is 23.1 Å². The minimum absolute atomic E-state index is 0.0196. The van der Waals surface area contributed by atoms with E-state index in [0.717, 1.165) is 39.7 Å². The normalized spacial score (nSPS) is 20.3. The van der Waals surface area contributed by atoms with Crippen LogP contribution in [-0.4, -0.2) is 102 Å². The summed E-state index contributed by atoms with van der Waals surface area (Å²) in [5.41, 5.74) is 4.29. The standard InChI is InChI=1S/C44H40F2N10O3/c45-30-13-14-38(36(46)20-30)56-42-34(22-50-56)41(48-27-49-42)55-24-32-21-39(55)44(58)54-18-17-52(23-28-7-2-1-3-8-28)26-40(54)43(57)47-15-6-16-53-25-35-33(11-5-12-37(35)51-53)29-9-4-10-31(19-29)59-32/h1-5,7-14,19-20,22,25,27,32,39-40H,6,15-18,21,23-24,26H2,(H,47,57)/t32-,39-,40-/m0/s1. The number of aromatic nitrogens is 6. The van der Waals surface area contributed by atoms with Gasteiger partial charge in [0.25, 0.3) is 0 Å². The first-order valence-corrected chi connectivity index (χ1v) is 19.8. The van der Waals surface area contributed by atoms with Crippen molar-refractivity contribution in [3.05, 3.63) is 127 Å². The van der Waals surface area contributed by atoms with Crippen molar-refractivity contribution in [2.45, 2.75) is 44.1 Å². The van der Waals surface area contributed by atoms with Crippen molar-refractivity contribution in [1.29, 1.82) is 0 Å². The Morgan fingerprint density at radius 1 is 0.831 bits per heavy atom. The van der Waals surface area contributed by atoms with Crippen LogP contribution >= 0.6 is 0 Å². The number of nitrogens with zero attached hydrogens (tertiary/aromatic N) is 9. The summed E-state index contributed by atoms with van der Waals surface area (Å²) in [5.74, 6) is -0.897. The number of ether oxygens (including phenoxy) is 1. The molecule has 59 heavy (non-hydrogen) atoms. The molecule has 6 bridgehead atoms. The number of amides is 2. The molecule has 15 heteroatoms. The Labute approximate surface area is 337 Å². The highest BCUT2D eigenvalue weighted by atomic mass is 19.1. The van der Waals surface area contributed by atoms with Gasteiger partial charge in [-0.05, 0) is 53.4 Å². The molecule has 3 aliphatic rings. The summed E-state index contributed by atoms with van der Waals surface area (Å²) in [6, 6.07) is 25.8. The average Bonchev–Trinajstić information content (AvgIpc) is 3.99. The lowest BCUT2D eigenvalue weighted by molar-refractivity contribution is -0.145. The van der Waals surface area contributed by atoms with E-state index in [4.69, 9.17) is 9.84 Å². The maximum absolute atomic E-state index is 15.1. The van der Waals surface area contributed by atoms with Crippen LogP contribution in [0.2, 0.25) is 0 Å². The van der Waals surface area contributed by atoms with Gasteiger partial charge >= 0.3 is 0 Å². The molecule has 2 amide bonds. The van der Waals surface area contributed by atoms with Crippen molar-refractivity contribution in [1.82, 2.24) is 44.6 Å². The Bertz CT molecular complexity index is 2700. The van der Waals surface area contributed by atoms with Crippen LogP contribution in [0.4, 0.5) is 14.6 Å². The monoisotopic (exact) mass is 794 g/mol. The average molecular weight is 795 g/mol. The van der Waals surface area contributed by atoms with Gasteiger partial charge in [0.2, 0.25) is 11.8 Å². The van der Waals surface area contributed by atoms with Gasteiger partial charge in [0.1, 0.15) is 47.6 Å². The molecule has 3 aromatic heterocycles. The van der Waals surface area contributed by atoms with Gasteiger partial charge < -0.3 is 19.9 Å². The second-order valence-electron chi connectivity index (χ2n) is 15.3. The quantitative estimate of drug-likeness (QED) is 0.251. The number of aryl methyl sites for hydroxylation is 1. The van der Waals surface area contributed by atoms with E-state index in [-0.39, 0.29) is 29.7 Å². The van der Waals surface area contributed by atoms with Gasteiger partial charge in [-0.1, -0.05) is 54.6 Å². The largest absolute Gasteiger partial charge is 0.488 e. The van der Waals surface area contributed by atoms with E-state index in [1.54, 1.807) is 4.90 Å². The molecule has 0 aliphatic carbocycles. The molecule has 6 heterocycles. The number of hydrogen-bond acceptors (Lipinski definition) is 9. The van der Waals surface area contributed by atoms with E-state index < -0.39 is 29.8 Å². The molecule has 0 spiro atoms. The fraction of sp³-hybridized carbons (Fsp3) is 0.273. The Morgan fingerprint density at radius 3 is 2.59 bits per heavy atom. The Hall–Kier alpha value is -6.74. The lowest BCUT2D eigenvalue weighted by Gasteiger charge is -2.42. The van der Waals surface area contributed by atoms with E-state index in [2.05, 4.69) is 43.5 Å². The third-order valence-electron chi connectivity index (χ3n) is 11.5. The second kappa shape index (κ2) is 15.2. The van der Waals surface area contributed by atoms with Gasteiger partial charge in [-0.25, -0.2) is 23.4 Å². The molecule has 298 valence electrons. The molecule has 2 fully saturated rings. The maximum atomic E-state index is 15.1. The highest BCUT2D eigenvalue weighted by molar-refractivity contribution is 5.96. The van der Waals surface area contributed by atoms with Gasteiger partial charge in [-0.3, -0.25) is 19.2 Å². The zero-order valence-electron chi connectivity index (χ0n) is 32.0. The fourth-order valence-corrected chi connectivity index (χ4v) is 8.70. The lowest BCUT2D eigenvalue weighted by Crippen LogP contribution is -2.63. The van der Waals surface area contributed by atoms with Crippen molar-refractivity contribution >= 4 is 39.6 Å². The lowest BCUT2D eigenvalue weighted by atomic mass is 10.0. The minimum Gasteiger partial charge on any atom is -0.488 e. The van der Waals surface area contributed by atoms with Crippen molar-refractivity contribution in [2.75, 3.05) is 37.6 Å². The van der Waals surface area contributed by atoms with Crippen molar-refractivity contribution in [2.24, 2.45) is 0 Å². The summed E-state index contributed by atoms with van der Waals surface area (Å²) >= 11 is 0. The number of piperazine rings is 1. The summed E-state index contributed by atoms with van der Waals surface area (Å²) in [4.78, 5) is 44.3. The number of fused-ring (bicyclic) bond motifs is 8.